The lowest BCUT2D eigenvalue weighted by atomic mass is 10.1. The summed E-state index contributed by atoms with van der Waals surface area (Å²) in [6.07, 6.45) is 3.46. The van der Waals surface area contributed by atoms with E-state index in [2.05, 4.69) is 10.3 Å². The molecule has 0 aliphatic carbocycles. The summed E-state index contributed by atoms with van der Waals surface area (Å²) in [4.78, 5) is 27.8. The summed E-state index contributed by atoms with van der Waals surface area (Å²) >= 11 is 0. The number of carbonyl (C=O) groups excluding carboxylic acids is 1. The average Bonchev–Trinajstić information content (AvgIpc) is 2.77. The molecule has 2 aromatic heterocycles. The second-order valence-electron chi connectivity index (χ2n) is 6.92. The number of hydrogen-bond acceptors (Lipinski definition) is 6. The molecule has 0 fully saturated rings. The first-order chi connectivity index (χ1) is 15.1. The van der Waals surface area contributed by atoms with E-state index in [1.165, 1.54) is 6.07 Å². The van der Waals surface area contributed by atoms with E-state index in [4.69, 9.17) is 13.9 Å². The van der Waals surface area contributed by atoms with Crippen molar-refractivity contribution < 1.29 is 18.7 Å². The minimum atomic E-state index is -0.423. The van der Waals surface area contributed by atoms with Crippen LogP contribution in [0.2, 0.25) is 0 Å². The molecule has 1 N–H and O–H groups in total. The standard InChI is InChI=1S/C24H20N2O5/c1-16-11-24(28)31-22-12-20(8-9-21(16)22)30-15-23(27)26-18-4-6-19(7-5-18)29-14-17-3-2-10-25-13-17/h2-13H,14-15H2,1H3,(H,26,27). The number of rotatable bonds is 7. The summed E-state index contributed by atoms with van der Waals surface area (Å²) in [6.45, 7) is 2.07. The van der Waals surface area contributed by atoms with E-state index in [-0.39, 0.29) is 12.5 Å². The molecule has 0 aliphatic heterocycles. The number of pyridine rings is 1. The smallest absolute Gasteiger partial charge is 0.336 e. The van der Waals surface area contributed by atoms with Gasteiger partial charge in [-0.05, 0) is 55.0 Å². The Morgan fingerprint density at radius 2 is 1.84 bits per heavy atom. The van der Waals surface area contributed by atoms with Crippen molar-refractivity contribution in [2.24, 2.45) is 0 Å². The van der Waals surface area contributed by atoms with Crippen LogP contribution in [-0.2, 0) is 11.4 Å². The van der Waals surface area contributed by atoms with Gasteiger partial charge in [-0.15, -0.1) is 0 Å². The van der Waals surface area contributed by atoms with Crippen molar-refractivity contribution in [3.05, 3.63) is 94.6 Å². The average molecular weight is 416 g/mol. The predicted octanol–water partition coefficient (Wildman–Crippen LogP) is 4.09. The normalized spacial score (nSPS) is 10.6. The van der Waals surface area contributed by atoms with E-state index >= 15 is 0 Å². The monoisotopic (exact) mass is 416 g/mol. The van der Waals surface area contributed by atoms with Crippen LogP contribution in [0, 0.1) is 6.92 Å². The lowest BCUT2D eigenvalue weighted by Crippen LogP contribution is -2.20. The third-order valence-corrected chi connectivity index (χ3v) is 4.56. The number of anilines is 1. The van der Waals surface area contributed by atoms with Crippen LogP contribution in [0.5, 0.6) is 11.5 Å². The van der Waals surface area contributed by atoms with E-state index in [0.717, 1.165) is 16.5 Å². The van der Waals surface area contributed by atoms with Gasteiger partial charge in [-0.2, -0.15) is 0 Å². The number of benzene rings is 2. The minimum Gasteiger partial charge on any atom is -0.489 e. The molecule has 7 heteroatoms. The number of amides is 1. The van der Waals surface area contributed by atoms with E-state index in [1.807, 2.05) is 19.1 Å². The Morgan fingerprint density at radius 3 is 2.61 bits per heavy atom. The molecule has 0 unspecified atom stereocenters. The molecule has 31 heavy (non-hydrogen) atoms. The van der Waals surface area contributed by atoms with E-state index in [1.54, 1.807) is 54.9 Å². The van der Waals surface area contributed by atoms with Gasteiger partial charge in [-0.1, -0.05) is 6.07 Å². The maximum Gasteiger partial charge on any atom is 0.336 e. The molecule has 0 bridgehead atoms. The highest BCUT2D eigenvalue weighted by atomic mass is 16.5. The summed E-state index contributed by atoms with van der Waals surface area (Å²) < 4.78 is 16.4. The number of nitrogens with one attached hydrogen (secondary N) is 1. The maximum atomic E-state index is 12.2. The molecule has 4 aromatic rings. The van der Waals surface area contributed by atoms with Gasteiger partial charge in [-0.25, -0.2) is 4.79 Å². The van der Waals surface area contributed by atoms with Gasteiger partial charge in [-0.3, -0.25) is 9.78 Å². The zero-order valence-electron chi connectivity index (χ0n) is 16.8. The molecule has 0 saturated heterocycles. The van der Waals surface area contributed by atoms with Gasteiger partial charge in [0.1, 0.15) is 23.7 Å². The van der Waals surface area contributed by atoms with Crippen LogP contribution in [0.3, 0.4) is 0 Å². The highest BCUT2D eigenvalue weighted by Gasteiger charge is 2.07. The van der Waals surface area contributed by atoms with Crippen molar-refractivity contribution >= 4 is 22.6 Å². The van der Waals surface area contributed by atoms with Crippen molar-refractivity contribution in [2.45, 2.75) is 13.5 Å². The third-order valence-electron chi connectivity index (χ3n) is 4.56. The second-order valence-corrected chi connectivity index (χ2v) is 6.92. The van der Waals surface area contributed by atoms with Gasteiger partial charge in [0, 0.05) is 41.2 Å². The quantitative estimate of drug-likeness (QED) is 0.456. The Morgan fingerprint density at radius 1 is 1.03 bits per heavy atom. The lowest BCUT2D eigenvalue weighted by molar-refractivity contribution is -0.118. The zero-order chi connectivity index (χ0) is 21.6. The Bertz CT molecular complexity index is 1250. The van der Waals surface area contributed by atoms with Crippen LogP contribution in [0.1, 0.15) is 11.1 Å². The number of aryl methyl sites for hydroxylation is 1. The SMILES string of the molecule is Cc1cc(=O)oc2cc(OCC(=O)Nc3ccc(OCc4cccnc4)cc3)ccc12. The van der Waals surface area contributed by atoms with E-state index in [9.17, 15) is 9.59 Å². The third kappa shape index (κ3) is 5.27. The van der Waals surface area contributed by atoms with Crippen LogP contribution in [-0.4, -0.2) is 17.5 Å². The van der Waals surface area contributed by atoms with Crippen LogP contribution in [0.25, 0.3) is 11.0 Å². The highest BCUT2D eigenvalue weighted by molar-refractivity contribution is 5.92. The first-order valence-electron chi connectivity index (χ1n) is 9.66. The van der Waals surface area contributed by atoms with Crippen LogP contribution < -0.4 is 20.4 Å². The molecule has 2 heterocycles. The first-order valence-corrected chi connectivity index (χ1v) is 9.66. The lowest BCUT2D eigenvalue weighted by Gasteiger charge is -2.10. The van der Waals surface area contributed by atoms with Gasteiger partial charge in [0.25, 0.3) is 5.91 Å². The van der Waals surface area contributed by atoms with Gasteiger partial charge in [0.2, 0.25) is 0 Å². The summed E-state index contributed by atoms with van der Waals surface area (Å²) in [5, 5.41) is 3.59. The number of aromatic nitrogens is 1. The van der Waals surface area contributed by atoms with Crippen molar-refractivity contribution in [1.82, 2.24) is 4.98 Å². The number of fused-ring (bicyclic) bond motifs is 1. The molecule has 4 rings (SSSR count). The molecule has 0 spiro atoms. The van der Waals surface area contributed by atoms with Crippen molar-refractivity contribution in [1.29, 1.82) is 0 Å². The fraction of sp³-hybridized carbons (Fsp3) is 0.125. The highest BCUT2D eigenvalue weighted by Crippen LogP contribution is 2.22. The van der Waals surface area contributed by atoms with Crippen molar-refractivity contribution in [2.75, 3.05) is 11.9 Å². The van der Waals surface area contributed by atoms with E-state index in [0.29, 0.717) is 29.4 Å². The Balaban J connectivity index is 1.30. The Hall–Kier alpha value is -4.13. The largest absolute Gasteiger partial charge is 0.489 e. The molecular formula is C24H20N2O5. The Labute approximate surface area is 178 Å². The second kappa shape index (κ2) is 9.13. The van der Waals surface area contributed by atoms with Gasteiger partial charge in [0.15, 0.2) is 6.61 Å². The van der Waals surface area contributed by atoms with Crippen LogP contribution >= 0.6 is 0 Å². The fourth-order valence-corrected chi connectivity index (χ4v) is 3.03. The van der Waals surface area contributed by atoms with Gasteiger partial charge in [0.05, 0.1) is 0 Å². The molecule has 156 valence electrons. The summed E-state index contributed by atoms with van der Waals surface area (Å²) in [7, 11) is 0. The molecule has 0 aliphatic rings. The molecular weight excluding hydrogens is 396 g/mol. The predicted molar refractivity (Wildman–Crippen MR) is 116 cm³/mol. The number of hydrogen-bond donors (Lipinski definition) is 1. The zero-order valence-corrected chi connectivity index (χ0v) is 16.8. The molecule has 0 radical (unpaired) electrons. The molecule has 0 saturated carbocycles. The van der Waals surface area contributed by atoms with Crippen LogP contribution in [0.4, 0.5) is 5.69 Å². The Kier molecular flexibility index (Phi) is 5.93. The number of ether oxygens (including phenoxy) is 2. The summed E-state index contributed by atoms with van der Waals surface area (Å²) in [6, 6.07) is 17.4. The first kappa shape index (κ1) is 20.2. The molecule has 7 nitrogen and oxygen atoms in total. The van der Waals surface area contributed by atoms with Gasteiger partial charge >= 0.3 is 5.63 Å². The van der Waals surface area contributed by atoms with Crippen LogP contribution in [0.15, 0.2) is 82.3 Å². The number of carbonyl (C=O) groups is 1. The summed E-state index contributed by atoms with van der Waals surface area (Å²) in [5.41, 5.74) is 2.42. The summed E-state index contributed by atoms with van der Waals surface area (Å²) in [5.74, 6) is 0.816. The van der Waals surface area contributed by atoms with E-state index < -0.39 is 5.63 Å². The van der Waals surface area contributed by atoms with Crippen molar-refractivity contribution in [3.8, 4) is 11.5 Å². The fourth-order valence-electron chi connectivity index (χ4n) is 3.03. The minimum absolute atomic E-state index is 0.180. The van der Waals surface area contributed by atoms with Crippen molar-refractivity contribution in [3.63, 3.8) is 0 Å². The molecule has 2 aromatic carbocycles. The van der Waals surface area contributed by atoms with Gasteiger partial charge < -0.3 is 19.2 Å². The maximum absolute atomic E-state index is 12.2. The number of nitrogens with zero attached hydrogens (tertiary/aromatic N) is 1. The molecule has 0 atom stereocenters. The molecule has 1 amide bonds. The topological polar surface area (TPSA) is 90.7 Å².